The predicted octanol–water partition coefficient (Wildman–Crippen LogP) is 4.41. The molecule has 1 heterocycles. The lowest BCUT2D eigenvalue weighted by Crippen LogP contribution is -2.45. The fraction of sp³-hybridized carbons (Fsp3) is 0.647. The number of ether oxygens (including phenoxy) is 1. The zero-order chi connectivity index (χ0) is 14.8. The zero-order valence-electron chi connectivity index (χ0n) is 13.3. The quantitative estimate of drug-likeness (QED) is 0.839. The highest BCUT2D eigenvalue weighted by Crippen LogP contribution is 2.43. The molecule has 20 heavy (non-hydrogen) atoms. The molecule has 1 aromatic carbocycles. The summed E-state index contributed by atoms with van der Waals surface area (Å²) in [6.07, 6.45) is 4.60. The van der Waals surface area contributed by atoms with E-state index < -0.39 is 0 Å². The average molecular weight is 293 g/mol. The highest BCUT2D eigenvalue weighted by Gasteiger charge is 2.41. The van der Waals surface area contributed by atoms with Crippen LogP contribution < -0.4 is 10.1 Å². The number of para-hydroxylation sites is 1. The maximum Gasteiger partial charge on any atom is 0.125 e. The fourth-order valence-electron chi connectivity index (χ4n) is 3.03. The molecule has 0 saturated carbocycles. The molecule has 2 rings (SSSR count). The average Bonchev–Trinajstić information content (AvgIpc) is 2.71. The van der Waals surface area contributed by atoms with Crippen molar-refractivity contribution in [2.75, 3.05) is 12.8 Å². The summed E-state index contributed by atoms with van der Waals surface area (Å²) in [5.41, 5.74) is 1.11. The number of rotatable bonds is 6. The Morgan fingerprint density at radius 1 is 1.25 bits per heavy atom. The van der Waals surface area contributed by atoms with Crippen LogP contribution in [0.4, 0.5) is 0 Å². The van der Waals surface area contributed by atoms with Crippen LogP contribution >= 0.6 is 11.8 Å². The van der Waals surface area contributed by atoms with E-state index in [0.29, 0.717) is 4.75 Å². The minimum Gasteiger partial charge on any atom is -0.486 e. The van der Waals surface area contributed by atoms with Crippen LogP contribution in [0.5, 0.6) is 5.75 Å². The number of thioether (sulfide) groups is 1. The van der Waals surface area contributed by atoms with Gasteiger partial charge >= 0.3 is 0 Å². The van der Waals surface area contributed by atoms with Crippen LogP contribution in [0.3, 0.4) is 0 Å². The minimum atomic E-state index is -0.185. The van der Waals surface area contributed by atoms with Crippen molar-refractivity contribution in [3.63, 3.8) is 0 Å². The molecule has 0 radical (unpaired) electrons. The molecule has 1 atom stereocenters. The molecule has 1 aliphatic heterocycles. The van der Waals surface area contributed by atoms with E-state index >= 15 is 0 Å². The Balaban J connectivity index is 2.16. The Bertz CT molecular complexity index is 446. The lowest BCUT2D eigenvalue weighted by Gasteiger charge is -2.34. The topological polar surface area (TPSA) is 21.3 Å². The van der Waals surface area contributed by atoms with Crippen LogP contribution in [0.2, 0.25) is 0 Å². The van der Waals surface area contributed by atoms with Crippen molar-refractivity contribution in [1.29, 1.82) is 0 Å². The van der Waals surface area contributed by atoms with Gasteiger partial charge in [0.2, 0.25) is 0 Å². The van der Waals surface area contributed by atoms with Crippen molar-refractivity contribution in [2.45, 2.75) is 56.9 Å². The van der Waals surface area contributed by atoms with Crippen LogP contribution in [0.1, 0.15) is 52.1 Å². The standard InChI is InChI=1S/C17H27NOS/c1-6-17(7-2,20-5)12-18-15-13-10-8-9-11-14(13)19-16(15,3)4/h8-11,15,18H,6-7,12H2,1-5H3. The second-order valence-electron chi connectivity index (χ2n) is 6.15. The molecule has 112 valence electrons. The minimum absolute atomic E-state index is 0.185. The molecular weight excluding hydrogens is 266 g/mol. The van der Waals surface area contributed by atoms with Gasteiger partial charge in [-0.2, -0.15) is 11.8 Å². The molecule has 2 nitrogen and oxygen atoms in total. The normalized spacial score (nSPS) is 20.6. The smallest absolute Gasteiger partial charge is 0.125 e. The summed E-state index contributed by atoms with van der Waals surface area (Å²) < 4.78 is 6.43. The highest BCUT2D eigenvalue weighted by atomic mass is 32.2. The van der Waals surface area contributed by atoms with Gasteiger partial charge in [-0.1, -0.05) is 32.0 Å². The third-order valence-corrected chi connectivity index (χ3v) is 6.24. The van der Waals surface area contributed by atoms with Crippen molar-refractivity contribution < 1.29 is 4.74 Å². The van der Waals surface area contributed by atoms with Gasteiger partial charge in [-0.25, -0.2) is 0 Å². The van der Waals surface area contributed by atoms with Crippen LogP contribution in [-0.4, -0.2) is 23.1 Å². The van der Waals surface area contributed by atoms with Crippen LogP contribution in [0.15, 0.2) is 24.3 Å². The van der Waals surface area contributed by atoms with E-state index in [-0.39, 0.29) is 11.6 Å². The highest BCUT2D eigenvalue weighted by molar-refractivity contribution is 8.00. The first-order valence-corrected chi connectivity index (χ1v) is 8.77. The third kappa shape index (κ3) is 2.84. The first-order chi connectivity index (χ1) is 9.48. The Morgan fingerprint density at radius 2 is 1.90 bits per heavy atom. The number of benzene rings is 1. The van der Waals surface area contributed by atoms with Crippen LogP contribution in [0, 0.1) is 0 Å². The summed E-state index contributed by atoms with van der Waals surface area (Å²) in [6.45, 7) is 9.93. The molecule has 1 aromatic rings. The van der Waals surface area contributed by atoms with Gasteiger partial charge in [0.25, 0.3) is 0 Å². The number of hydrogen-bond acceptors (Lipinski definition) is 3. The van der Waals surface area contributed by atoms with Crippen LogP contribution in [0.25, 0.3) is 0 Å². The van der Waals surface area contributed by atoms with E-state index in [1.165, 1.54) is 18.4 Å². The van der Waals surface area contributed by atoms with Crippen molar-refractivity contribution in [2.24, 2.45) is 0 Å². The van der Waals surface area contributed by atoms with Crippen molar-refractivity contribution in [1.82, 2.24) is 5.32 Å². The molecule has 0 amide bonds. The molecule has 3 heteroatoms. The second kappa shape index (κ2) is 5.98. The van der Waals surface area contributed by atoms with Crippen molar-refractivity contribution in [3.05, 3.63) is 29.8 Å². The second-order valence-corrected chi connectivity index (χ2v) is 7.43. The summed E-state index contributed by atoms with van der Waals surface area (Å²) in [7, 11) is 0. The maximum absolute atomic E-state index is 6.10. The van der Waals surface area contributed by atoms with Gasteiger partial charge in [-0.05, 0) is 39.0 Å². The molecular formula is C17H27NOS. The lowest BCUT2D eigenvalue weighted by atomic mass is 9.93. The van der Waals surface area contributed by atoms with Gasteiger partial charge in [0.15, 0.2) is 0 Å². The van der Waals surface area contributed by atoms with E-state index in [1.54, 1.807) is 0 Å². The molecule has 0 saturated heterocycles. The number of fused-ring (bicyclic) bond motifs is 1. The van der Waals surface area contributed by atoms with Crippen molar-refractivity contribution in [3.8, 4) is 5.75 Å². The van der Waals surface area contributed by atoms with Crippen molar-refractivity contribution >= 4 is 11.8 Å². The molecule has 0 fully saturated rings. The summed E-state index contributed by atoms with van der Waals surface area (Å²) >= 11 is 1.98. The van der Waals surface area contributed by atoms with Crippen LogP contribution in [-0.2, 0) is 0 Å². The van der Waals surface area contributed by atoms with Gasteiger partial charge in [-0.3, -0.25) is 0 Å². The first-order valence-electron chi connectivity index (χ1n) is 7.54. The maximum atomic E-state index is 6.10. The number of nitrogens with one attached hydrogen (secondary N) is 1. The van der Waals surface area contributed by atoms with E-state index in [0.717, 1.165) is 12.3 Å². The zero-order valence-corrected chi connectivity index (χ0v) is 14.1. The monoisotopic (exact) mass is 293 g/mol. The van der Waals surface area contributed by atoms with E-state index in [4.69, 9.17) is 4.74 Å². The largest absolute Gasteiger partial charge is 0.486 e. The molecule has 1 N–H and O–H groups in total. The van der Waals surface area contributed by atoms with Gasteiger partial charge in [0.1, 0.15) is 11.4 Å². The van der Waals surface area contributed by atoms with E-state index in [2.05, 4.69) is 57.5 Å². The van der Waals surface area contributed by atoms with Gasteiger partial charge in [-0.15, -0.1) is 0 Å². The molecule has 0 bridgehead atoms. The summed E-state index contributed by atoms with van der Waals surface area (Å²) in [5.74, 6) is 1.03. The van der Waals surface area contributed by atoms with E-state index in [9.17, 15) is 0 Å². The van der Waals surface area contributed by atoms with E-state index in [1.807, 2.05) is 17.8 Å². The number of hydrogen-bond donors (Lipinski definition) is 1. The molecule has 1 aliphatic rings. The molecule has 1 unspecified atom stereocenters. The fourth-order valence-corrected chi connectivity index (χ4v) is 3.84. The molecule has 0 spiro atoms. The third-order valence-electron chi connectivity index (χ3n) is 4.65. The summed E-state index contributed by atoms with van der Waals surface area (Å²) in [6, 6.07) is 8.66. The summed E-state index contributed by atoms with van der Waals surface area (Å²) in [5, 5.41) is 3.78. The van der Waals surface area contributed by atoms with Gasteiger partial charge in [0.05, 0.1) is 6.04 Å². The summed E-state index contributed by atoms with van der Waals surface area (Å²) in [4.78, 5) is 0. The Morgan fingerprint density at radius 3 is 2.50 bits per heavy atom. The Labute approximate surface area is 127 Å². The van der Waals surface area contributed by atoms with Gasteiger partial charge < -0.3 is 10.1 Å². The molecule has 0 aromatic heterocycles. The molecule has 0 aliphatic carbocycles. The Kier molecular flexibility index (Phi) is 4.70. The lowest BCUT2D eigenvalue weighted by molar-refractivity contribution is 0.0951. The predicted molar refractivity (Wildman–Crippen MR) is 88.7 cm³/mol. The van der Waals surface area contributed by atoms with Gasteiger partial charge in [0, 0.05) is 16.9 Å². The SMILES string of the molecule is CCC(CC)(CNC1c2ccccc2OC1(C)C)SC. The first kappa shape index (κ1) is 15.7. The Hall–Kier alpha value is -0.670.